The van der Waals surface area contributed by atoms with Crippen molar-refractivity contribution in [2.24, 2.45) is 7.05 Å². The van der Waals surface area contributed by atoms with Gasteiger partial charge in [0, 0.05) is 34.9 Å². The third kappa shape index (κ3) is 1.34. The summed E-state index contributed by atoms with van der Waals surface area (Å²) in [5.74, 6) is 0.755. The third-order valence-corrected chi connectivity index (χ3v) is 2.88. The Kier molecular flexibility index (Phi) is 2.03. The zero-order valence-electron chi connectivity index (χ0n) is 8.48. The van der Waals surface area contributed by atoms with Crippen LogP contribution in [0.15, 0.2) is 29.3 Å². The van der Waals surface area contributed by atoms with E-state index in [1.165, 1.54) is 6.33 Å². The number of halogens is 1. The molecule has 0 saturated carbocycles. The summed E-state index contributed by atoms with van der Waals surface area (Å²) in [7, 11) is 1.96. The number of H-pyrrole nitrogens is 1. The summed E-state index contributed by atoms with van der Waals surface area (Å²) in [5.41, 5.74) is 1.93. The molecule has 6 heteroatoms. The van der Waals surface area contributed by atoms with Crippen molar-refractivity contribution in [3.8, 4) is 11.4 Å². The van der Waals surface area contributed by atoms with Crippen LogP contribution in [0, 0.1) is 0 Å². The van der Waals surface area contributed by atoms with Crippen LogP contribution in [0.1, 0.15) is 0 Å². The third-order valence-electron chi connectivity index (χ3n) is 2.45. The molecule has 0 aliphatic carbocycles. The van der Waals surface area contributed by atoms with Gasteiger partial charge in [0.25, 0.3) is 0 Å². The molecule has 0 unspecified atom stereocenters. The Morgan fingerprint density at radius 3 is 3.00 bits per heavy atom. The number of nitrogens with one attached hydrogen (secondary N) is 1. The van der Waals surface area contributed by atoms with Crippen molar-refractivity contribution < 1.29 is 0 Å². The first kappa shape index (κ1) is 9.53. The topological polar surface area (TPSA) is 59.4 Å². The summed E-state index contributed by atoms with van der Waals surface area (Å²) in [6.45, 7) is 0. The van der Waals surface area contributed by atoms with Crippen LogP contribution in [-0.4, -0.2) is 24.7 Å². The van der Waals surface area contributed by atoms with Crippen molar-refractivity contribution in [3.05, 3.63) is 29.3 Å². The first-order chi connectivity index (χ1) is 7.75. The lowest BCUT2D eigenvalue weighted by atomic mass is 10.2. The molecule has 0 aliphatic heterocycles. The minimum Gasteiger partial charge on any atom is -0.335 e. The summed E-state index contributed by atoms with van der Waals surface area (Å²) in [4.78, 5) is 8.52. The number of hydrogen-bond donors (Lipinski definition) is 1. The average Bonchev–Trinajstić information content (AvgIpc) is 2.86. The van der Waals surface area contributed by atoms with Crippen LogP contribution >= 0.6 is 15.9 Å². The number of nitrogens with zero attached hydrogens (tertiary/aromatic N) is 4. The van der Waals surface area contributed by atoms with Crippen LogP contribution in [0.5, 0.6) is 0 Å². The Morgan fingerprint density at radius 2 is 2.25 bits per heavy atom. The van der Waals surface area contributed by atoms with Gasteiger partial charge < -0.3 is 4.57 Å². The number of rotatable bonds is 1. The second-order valence-electron chi connectivity index (χ2n) is 3.51. The van der Waals surface area contributed by atoms with Gasteiger partial charge in [-0.3, -0.25) is 5.10 Å². The van der Waals surface area contributed by atoms with Gasteiger partial charge in [-0.05, 0) is 22.0 Å². The average molecular weight is 278 g/mol. The molecule has 0 spiro atoms. The van der Waals surface area contributed by atoms with E-state index in [-0.39, 0.29) is 0 Å². The van der Waals surface area contributed by atoms with Gasteiger partial charge in [-0.2, -0.15) is 5.10 Å². The second-order valence-corrected chi connectivity index (χ2v) is 4.43. The van der Waals surface area contributed by atoms with E-state index in [1.54, 1.807) is 6.20 Å². The van der Waals surface area contributed by atoms with E-state index in [0.29, 0.717) is 0 Å². The molecule has 5 nitrogen and oxygen atoms in total. The molecule has 3 aromatic heterocycles. The zero-order chi connectivity index (χ0) is 11.1. The van der Waals surface area contributed by atoms with Crippen molar-refractivity contribution in [1.82, 2.24) is 24.7 Å². The van der Waals surface area contributed by atoms with E-state index in [9.17, 15) is 0 Å². The fourth-order valence-electron chi connectivity index (χ4n) is 1.76. The maximum atomic E-state index is 4.36. The summed E-state index contributed by atoms with van der Waals surface area (Å²) < 4.78 is 2.92. The van der Waals surface area contributed by atoms with Gasteiger partial charge in [0.1, 0.15) is 12.0 Å². The normalized spacial score (nSPS) is 11.1. The van der Waals surface area contributed by atoms with Crippen molar-refractivity contribution >= 4 is 27.0 Å². The summed E-state index contributed by atoms with van der Waals surface area (Å²) in [6, 6.07) is 2.03. The van der Waals surface area contributed by atoms with E-state index in [2.05, 4.69) is 36.1 Å². The molecule has 16 heavy (non-hydrogen) atoms. The first-order valence-electron chi connectivity index (χ1n) is 4.72. The monoisotopic (exact) mass is 277 g/mol. The van der Waals surface area contributed by atoms with Crippen LogP contribution < -0.4 is 0 Å². The summed E-state index contributed by atoms with van der Waals surface area (Å²) in [5, 5.41) is 7.77. The highest BCUT2D eigenvalue weighted by Crippen LogP contribution is 2.28. The lowest BCUT2D eigenvalue weighted by molar-refractivity contribution is 0.947. The van der Waals surface area contributed by atoms with Crippen molar-refractivity contribution in [1.29, 1.82) is 0 Å². The zero-order valence-corrected chi connectivity index (χ0v) is 10.1. The molecule has 0 amide bonds. The highest BCUT2D eigenvalue weighted by Gasteiger charge is 2.11. The molecule has 0 saturated heterocycles. The maximum Gasteiger partial charge on any atom is 0.157 e. The van der Waals surface area contributed by atoms with E-state index in [0.717, 1.165) is 26.9 Å². The highest BCUT2D eigenvalue weighted by molar-refractivity contribution is 9.10. The lowest BCUT2D eigenvalue weighted by Crippen LogP contribution is -1.86. The molecule has 3 aromatic rings. The lowest BCUT2D eigenvalue weighted by Gasteiger charge is -1.95. The molecule has 0 atom stereocenters. The van der Waals surface area contributed by atoms with Gasteiger partial charge in [0.15, 0.2) is 5.82 Å². The van der Waals surface area contributed by atoms with E-state index < -0.39 is 0 Å². The Labute approximate surface area is 99.7 Å². The van der Waals surface area contributed by atoms with Gasteiger partial charge >= 0.3 is 0 Å². The molecule has 1 N–H and O–H groups in total. The van der Waals surface area contributed by atoms with Crippen LogP contribution in [0.2, 0.25) is 0 Å². The van der Waals surface area contributed by atoms with Gasteiger partial charge in [0.2, 0.25) is 0 Å². The summed E-state index contributed by atoms with van der Waals surface area (Å²) >= 11 is 3.42. The first-order valence-corrected chi connectivity index (χ1v) is 5.51. The predicted octanol–water partition coefficient (Wildman–Crippen LogP) is 2.12. The molecular weight excluding hydrogens is 270 g/mol. The van der Waals surface area contributed by atoms with E-state index in [4.69, 9.17) is 0 Å². The van der Waals surface area contributed by atoms with Crippen LogP contribution in [0.3, 0.4) is 0 Å². The number of aromatic amines is 1. The second kappa shape index (κ2) is 3.41. The van der Waals surface area contributed by atoms with Gasteiger partial charge in [-0.25, -0.2) is 9.97 Å². The largest absolute Gasteiger partial charge is 0.335 e. The number of aryl methyl sites for hydroxylation is 1. The Hall–Kier alpha value is -1.69. The van der Waals surface area contributed by atoms with Gasteiger partial charge in [0.05, 0.1) is 0 Å². The van der Waals surface area contributed by atoms with Crippen LogP contribution in [0.25, 0.3) is 22.4 Å². The fraction of sp³-hybridized carbons (Fsp3) is 0.100. The molecule has 0 aliphatic rings. The van der Waals surface area contributed by atoms with Gasteiger partial charge in [-0.1, -0.05) is 0 Å². The number of hydrogen-bond acceptors (Lipinski definition) is 3. The number of aromatic nitrogens is 5. The molecule has 80 valence electrons. The van der Waals surface area contributed by atoms with Crippen molar-refractivity contribution in [2.75, 3.05) is 0 Å². The number of fused-ring (bicyclic) bond motifs is 1. The molecule has 0 fully saturated rings. The minimum atomic E-state index is 0.755. The van der Waals surface area contributed by atoms with Crippen molar-refractivity contribution in [2.45, 2.75) is 0 Å². The van der Waals surface area contributed by atoms with E-state index >= 15 is 0 Å². The highest BCUT2D eigenvalue weighted by atomic mass is 79.9. The standard InChI is InChI=1S/C10H8BrN5/c1-16-4-8(9-13-5-14-15-9)7-2-6(11)3-12-10(7)16/h2-5H,1H3,(H,13,14,15). The predicted molar refractivity (Wildman–Crippen MR) is 63.8 cm³/mol. The quantitative estimate of drug-likeness (QED) is 0.741. The smallest absolute Gasteiger partial charge is 0.157 e. The number of pyridine rings is 1. The van der Waals surface area contributed by atoms with Crippen molar-refractivity contribution in [3.63, 3.8) is 0 Å². The molecule has 0 bridgehead atoms. The van der Waals surface area contributed by atoms with E-state index in [1.807, 2.05) is 23.9 Å². The molecule has 3 heterocycles. The SMILES string of the molecule is Cn1cc(-c2ncn[nH]2)c2cc(Br)cnc21. The van der Waals surface area contributed by atoms with Crippen LogP contribution in [-0.2, 0) is 7.05 Å². The van der Waals surface area contributed by atoms with Crippen LogP contribution in [0.4, 0.5) is 0 Å². The molecule has 0 radical (unpaired) electrons. The minimum absolute atomic E-state index is 0.755. The Bertz CT molecular complexity index is 641. The molecular formula is C10H8BrN5. The van der Waals surface area contributed by atoms with Gasteiger partial charge in [-0.15, -0.1) is 0 Å². The fourth-order valence-corrected chi connectivity index (χ4v) is 2.09. The molecule has 0 aromatic carbocycles. The Balaban J connectivity index is 2.37. The molecule has 3 rings (SSSR count). The summed E-state index contributed by atoms with van der Waals surface area (Å²) in [6.07, 6.45) is 5.27. The Morgan fingerprint density at radius 1 is 1.38 bits per heavy atom. The maximum absolute atomic E-state index is 4.36.